The Morgan fingerprint density at radius 3 is 2.78 bits per heavy atom. The van der Waals surface area contributed by atoms with Gasteiger partial charge in [0.1, 0.15) is 11.9 Å². The lowest BCUT2D eigenvalue weighted by Gasteiger charge is -2.13. The Bertz CT molecular complexity index is 469. The zero-order valence-electron chi connectivity index (χ0n) is 10.5. The molecule has 1 unspecified atom stereocenters. The molecular weight excluding hydrogens is 228 g/mol. The third kappa shape index (κ3) is 2.94. The van der Waals surface area contributed by atoms with E-state index in [0.717, 1.165) is 11.4 Å². The molecule has 0 aliphatic rings. The highest BCUT2D eigenvalue weighted by Crippen LogP contribution is 2.22. The van der Waals surface area contributed by atoms with Gasteiger partial charge in [0.15, 0.2) is 5.82 Å². The Labute approximate surface area is 106 Å². The van der Waals surface area contributed by atoms with Crippen LogP contribution in [-0.2, 0) is 11.2 Å². The minimum absolute atomic E-state index is 0.223. The van der Waals surface area contributed by atoms with Gasteiger partial charge in [-0.25, -0.2) is 4.98 Å². The molecule has 18 heavy (non-hydrogen) atoms. The van der Waals surface area contributed by atoms with Crippen LogP contribution in [0.1, 0.15) is 30.2 Å². The third-order valence-electron chi connectivity index (χ3n) is 2.60. The average Bonchev–Trinajstić information content (AvgIpc) is 2.86. The van der Waals surface area contributed by atoms with Crippen molar-refractivity contribution in [3.05, 3.63) is 47.5 Å². The fourth-order valence-corrected chi connectivity index (χ4v) is 1.79. The van der Waals surface area contributed by atoms with Crippen molar-refractivity contribution in [2.24, 2.45) is 5.73 Å². The van der Waals surface area contributed by atoms with E-state index in [-0.39, 0.29) is 6.10 Å². The first-order chi connectivity index (χ1) is 8.85. The lowest BCUT2D eigenvalue weighted by atomic mass is 10.1. The molecule has 0 saturated heterocycles. The van der Waals surface area contributed by atoms with Crippen LogP contribution in [0.3, 0.4) is 0 Å². The SMILES string of the molecule is CCOC(c1ccccc1)c1n[nH]c(CCN)n1. The number of aromatic amines is 1. The van der Waals surface area contributed by atoms with E-state index in [1.807, 2.05) is 37.3 Å². The van der Waals surface area contributed by atoms with Gasteiger partial charge in [-0.1, -0.05) is 30.3 Å². The van der Waals surface area contributed by atoms with Crippen LogP contribution >= 0.6 is 0 Å². The van der Waals surface area contributed by atoms with Gasteiger partial charge in [0.2, 0.25) is 0 Å². The van der Waals surface area contributed by atoms with Gasteiger partial charge in [-0.3, -0.25) is 5.10 Å². The van der Waals surface area contributed by atoms with Crippen LogP contribution in [0, 0.1) is 0 Å². The molecule has 1 aromatic carbocycles. The van der Waals surface area contributed by atoms with E-state index in [0.29, 0.717) is 25.4 Å². The summed E-state index contributed by atoms with van der Waals surface area (Å²) in [5, 5.41) is 7.11. The van der Waals surface area contributed by atoms with Gasteiger partial charge in [-0.15, -0.1) is 0 Å². The molecule has 0 aliphatic carbocycles. The van der Waals surface area contributed by atoms with Gasteiger partial charge in [0.05, 0.1) is 0 Å². The average molecular weight is 246 g/mol. The summed E-state index contributed by atoms with van der Waals surface area (Å²) in [5.41, 5.74) is 6.55. The topological polar surface area (TPSA) is 76.8 Å². The molecule has 0 amide bonds. The molecule has 0 spiro atoms. The molecule has 0 radical (unpaired) electrons. The predicted molar refractivity (Wildman–Crippen MR) is 69.1 cm³/mol. The van der Waals surface area contributed by atoms with Gasteiger partial charge in [0, 0.05) is 13.0 Å². The second kappa shape index (κ2) is 6.28. The number of nitrogens with zero attached hydrogens (tertiary/aromatic N) is 2. The first-order valence-electron chi connectivity index (χ1n) is 6.13. The minimum atomic E-state index is -0.223. The molecule has 3 N–H and O–H groups in total. The second-order valence-electron chi connectivity index (χ2n) is 3.93. The Kier molecular flexibility index (Phi) is 4.44. The highest BCUT2D eigenvalue weighted by Gasteiger charge is 2.18. The van der Waals surface area contributed by atoms with Crippen molar-refractivity contribution in [2.45, 2.75) is 19.4 Å². The first-order valence-corrected chi connectivity index (χ1v) is 6.13. The summed E-state index contributed by atoms with van der Waals surface area (Å²) < 4.78 is 5.73. The van der Waals surface area contributed by atoms with Crippen molar-refractivity contribution in [1.29, 1.82) is 0 Å². The van der Waals surface area contributed by atoms with Crippen molar-refractivity contribution in [2.75, 3.05) is 13.2 Å². The second-order valence-corrected chi connectivity index (χ2v) is 3.93. The maximum atomic E-state index is 5.73. The quantitative estimate of drug-likeness (QED) is 0.808. The van der Waals surface area contributed by atoms with Crippen LogP contribution in [0.25, 0.3) is 0 Å². The number of H-pyrrole nitrogens is 1. The smallest absolute Gasteiger partial charge is 0.184 e. The van der Waals surface area contributed by atoms with Gasteiger partial charge >= 0.3 is 0 Å². The number of hydrogen-bond acceptors (Lipinski definition) is 4. The monoisotopic (exact) mass is 246 g/mol. The number of aromatic nitrogens is 3. The van der Waals surface area contributed by atoms with E-state index in [1.165, 1.54) is 0 Å². The van der Waals surface area contributed by atoms with Crippen molar-refractivity contribution in [3.63, 3.8) is 0 Å². The molecule has 1 atom stereocenters. The molecule has 0 bridgehead atoms. The number of hydrogen-bond donors (Lipinski definition) is 2. The third-order valence-corrected chi connectivity index (χ3v) is 2.60. The number of benzene rings is 1. The van der Waals surface area contributed by atoms with Crippen molar-refractivity contribution in [3.8, 4) is 0 Å². The Hall–Kier alpha value is -1.72. The minimum Gasteiger partial charge on any atom is -0.366 e. The van der Waals surface area contributed by atoms with E-state index in [9.17, 15) is 0 Å². The molecule has 1 heterocycles. The predicted octanol–water partition coefficient (Wildman–Crippen LogP) is 1.43. The first kappa shape index (κ1) is 12.7. The van der Waals surface area contributed by atoms with E-state index in [4.69, 9.17) is 10.5 Å². The number of nitrogens with two attached hydrogens (primary N) is 1. The van der Waals surface area contributed by atoms with Crippen LogP contribution in [0.4, 0.5) is 0 Å². The van der Waals surface area contributed by atoms with Crippen molar-refractivity contribution >= 4 is 0 Å². The number of nitrogens with one attached hydrogen (secondary N) is 1. The molecular formula is C13H18N4O. The van der Waals surface area contributed by atoms with E-state index < -0.39 is 0 Å². The summed E-state index contributed by atoms with van der Waals surface area (Å²) in [6.07, 6.45) is 0.472. The van der Waals surface area contributed by atoms with Gasteiger partial charge in [0.25, 0.3) is 0 Å². The Balaban J connectivity index is 2.23. The van der Waals surface area contributed by atoms with Gasteiger partial charge in [-0.05, 0) is 19.0 Å². The highest BCUT2D eigenvalue weighted by atomic mass is 16.5. The van der Waals surface area contributed by atoms with E-state index in [2.05, 4.69) is 15.2 Å². The zero-order chi connectivity index (χ0) is 12.8. The Morgan fingerprint density at radius 2 is 2.11 bits per heavy atom. The largest absolute Gasteiger partial charge is 0.366 e. The molecule has 96 valence electrons. The fourth-order valence-electron chi connectivity index (χ4n) is 1.79. The van der Waals surface area contributed by atoms with Crippen LogP contribution < -0.4 is 5.73 Å². The molecule has 0 aliphatic heterocycles. The van der Waals surface area contributed by atoms with Crippen LogP contribution in [0.2, 0.25) is 0 Å². The van der Waals surface area contributed by atoms with Crippen molar-refractivity contribution < 1.29 is 4.74 Å². The van der Waals surface area contributed by atoms with Crippen LogP contribution in [-0.4, -0.2) is 28.3 Å². The summed E-state index contributed by atoms with van der Waals surface area (Å²) in [4.78, 5) is 4.42. The van der Waals surface area contributed by atoms with E-state index >= 15 is 0 Å². The van der Waals surface area contributed by atoms with Gasteiger partial charge in [-0.2, -0.15) is 5.10 Å². The van der Waals surface area contributed by atoms with Crippen LogP contribution in [0.15, 0.2) is 30.3 Å². The summed E-state index contributed by atoms with van der Waals surface area (Å²) in [5.74, 6) is 1.46. The molecule has 5 nitrogen and oxygen atoms in total. The summed E-state index contributed by atoms with van der Waals surface area (Å²) in [6, 6.07) is 9.96. The molecule has 0 fully saturated rings. The number of rotatable bonds is 6. The van der Waals surface area contributed by atoms with Crippen molar-refractivity contribution in [1.82, 2.24) is 15.2 Å². The standard InChI is InChI=1S/C13H18N4O/c1-2-18-12(10-6-4-3-5-7-10)13-15-11(8-9-14)16-17-13/h3-7,12H,2,8-9,14H2,1H3,(H,15,16,17). The molecule has 2 rings (SSSR count). The van der Waals surface area contributed by atoms with Gasteiger partial charge < -0.3 is 10.5 Å². The number of ether oxygens (including phenoxy) is 1. The van der Waals surface area contributed by atoms with Crippen LogP contribution in [0.5, 0.6) is 0 Å². The molecule has 5 heteroatoms. The lowest BCUT2D eigenvalue weighted by molar-refractivity contribution is 0.0853. The summed E-state index contributed by atoms with van der Waals surface area (Å²) >= 11 is 0. The summed E-state index contributed by atoms with van der Waals surface area (Å²) in [6.45, 7) is 3.13. The van der Waals surface area contributed by atoms with E-state index in [1.54, 1.807) is 0 Å². The molecule has 2 aromatic rings. The summed E-state index contributed by atoms with van der Waals surface area (Å²) in [7, 11) is 0. The normalized spacial score (nSPS) is 12.6. The maximum Gasteiger partial charge on any atom is 0.184 e. The fraction of sp³-hybridized carbons (Fsp3) is 0.385. The highest BCUT2D eigenvalue weighted by molar-refractivity contribution is 5.22. The molecule has 1 aromatic heterocycles. The zero-order valence-corrected chi connectivity index (χ0v) is 10.5. The molecule has 0 saturated carbocycles. The maximum absolute atomic E-state index is 5.73. The lowest BCUT2D eigenvalue weighted by Crippen LogP contribution is -2.08. The Morgan fingerprint density at radius 1 is 1.33 bits per heavy atom.